The van der Waals surface area contributed by atoms with Crippen LogP contribution >= 0.6 is 0 Å². The third-order valence-electron chi connectivity index (χ3n) is 4.69. The van der Waals surface area contributed by atoms with Crippen molar-refractivity contribution in [3.05, 3.63) is 0 Å². The lowest BCUT2D eigenvalue weighted by Gasteiger charge is -2.40. The summed E-state index contributed by atoms with van der Waals surface area (Å²) in [5.74, 6) is 3.30. The molecule has 0 heterocycles. The van der Waals surface area contributed by atoms with Crippen LogP contribution in [0.1, 0.15) is 58.3 Å². The van der Waals surface area contributed by atoms with Crippen LogP contribution in [0.3, 0.4) is 0 Å². The third kappa shape index (κ3) is 3.21. The van der Waals surface area contributed by atoms with Gasteiger partial charge in [-0.15, -0.1) is 0 Å². The Morgan fingerprint density at radius 1 is 0.933 bits per heavy atom. The largest absolute Gasteiger partial charge is 0.317 e. The van der Waals surface area contributed by atoms with Crippen molar-refractivity contribution in [1.29, 1.82) is 0 Å². The van der Waals surface area contributed by atoms with Crippen LogP contribution in [0.2, 0.25) is 0 Å². The Labute approximate surface area is 95.0 Å². The molecule has 2 aliphatic carbocycles. The second kappa shape index (κ2) is 5.89. The van der Waals surface area contributed by atoms with Crippen LogP contribution in [0.5, 0.6) is 0 Å². The van der Waals surface area contributed by atoms with E-state index in [9.17, 15) is 0 Å². The predicted molar refractivity (Wildman–Crippen MR) is 65.9 cm³/mol. The number of hydrogen-bond acceptors (Lipinski definition) is 1. The summed E-state index contributed by atoms with van der Waals surface area (Å²) in [6.45, 7) is 4.59. The van der Waals surface area contributed by atoms with Crippen LogP contribution in [0.15, 0.2) is 0 Å². The predicted octanol–water partition coefficient (Wildman–Crippen LogP) is 3.59. The Hall–Kier alpha value is -0.0400. The Morgan fingerprint density at radius 3 is 2.40 bits per heavy atom. The average molecular weight is 209 g/mol. The smallest absolute Gasteiger partial charge is 0.00464 e. The van der Waals surface area contributed by atoms with Gasteiger partial charge in [0.2, 0.25) is 0 Å². The van der Waals surface area contributed by atoms with Crippen LogP contribution < -0.4 is 5.32 Å². The molecule has 2 fully saturated rings. The van der Waals surface area contributed by atoms with Crippen LogP contribution in [-0.2, 0) is 0 Å². The number of nitrogens with one attached hydrogen (secondary N) is 1. The summed E-state index contributed by atoms with van der Waals surface area (Å²) in [7, 11) is 0. The SMILES string of the molecule is CCNCCC1CCCC2CCC2CC1. The molecular formula is C14H27N. The minimum absolute atomic E-state index is 1.03. The Balaban J connectivity index is 1.67. The van der Waals surface area contributed by atoms with Crippen molar-refractivity contribution in [1.82, 2.24) is 5.32 Å². The molecule has 1 nitrogen and oxygen atoms in total. The van der Waals surface area contributed by atoms with E-state index in [0.29, 0.717) is 0 Å². The second-order valence-electron chi connectivity index (χ2n) is 5.61. The fraction of sp³-hybridized carbons (Fsp3) is 1.00. The molecular weight excluding hydrogens is 182 g/mol. The summed E-state index contributed by atoms with van der Waals surface area (Å²) in [4.78, 5) is 0. The van der Waals surface area contributed by atoms with E-state index in [1.54, 1.807) is 25.7 Å². The topological polar surface area (TPSA) is 12.0 Å². The maximum Gasteiger partial charge on any atom is -0.00464 e. The highest BCUT2D eigenvalue weighted by Crippen LogP contribution is 2.43. The fourth-order valence-corrected chi connectivity index (χ4v) is 3.43. The van der Waals surface area contributed by atoms with E-state index >= 15 is 0 Å². The van der Waals surface area contributed by atoms with Gasteiger partial charge in [-0.05, 0) is 56.5 Å². The van der Waals surface area contributed by atoms with Crippen molar-refractivity contribution in [3.8, 4) is 0 Å². The Morgan fingerprint density at radius 2 is 1.67 bits per heavy atom. The van der Waals surface area contributed by atoms with E-state index in [1.165, 1.54) is 32.2 Å². The van der Waals surface area contributed by atoms with Gasteiger partial charge in [-0.1, -0.05) is 32.6 Å². The highest BCUT2D eigenvalue weighted by atomic mass is 14.8. The van der Waals surface area contributed by atoms with Crippen LogP contribution in [0, 0.1) is 17.8 Å². The zero-order chi connectivity index (χ0) is 10.5. The summed E-state index contributed by atoms with van der Waals surface area (Å²) in [5.41, 5.74) is 0. The van der Waals surface area contributed by atoms with E-state index < -0.39 is 0 Å². The normalized spacial score (nSPS) is 36.2. The van der Waals surface area contributed by atoms with E-state index in [-0.39, 0.29) is 0 Å². The lowest BCUT2D eigenvalue weighted by atomic mass is 9.66. The van der Waals surface area contributed by atoms with Crippen molar-refractivity contribution >= 4 is 0 Å². The van der Waals surface area contributed by atoms with Crippen LogP contribution in [-0.4, -0.2) is 13.1 Å². The van der Waals surface area contributed by atoms with Crippen molar-refractivity contribution < 1.29 is 0 Å². The molecule has 2 saturated carbocycles. The van der Waals surface area contributed by atoms with Gasteiger partial charge in [-0.2, -0.15) is 0 Å². The van der Waals surface area contributed by atoms with Crippen LogP contribution in [0.4, 0.5) is 0 Å². The first-order valence-corrected chi connectivity index (χ1v) is 7.11. The monoisotopic (exact) mass is 209 g/mol. The van der Waals surface area contributed by atoms with Gasteiger partial charge in [0.25, 0.3) is 0 Å². The van der Waals surface area contributed by atoms with Gasteiger partial charge in [0.15, 0.2) is 0 Å². The Kier molecular flexibility index (Phi) is 4.49. The Bertz CT molecular complexity index is 176. The molecule has 0 spiro atoms. The van der Waals surface area contributed by atoms with E-state index in [4.69, 9.17) is 0 Å². The molecule has 0 radical (unpaired) electrons. The number of rotatable bonds is 4. The lowest BCUT2D eigenvalue weighted by Crippen LogP contribution is -2.28. The summed E-state index contributed by atoms with van der Waals surface area (Å²) in [5, 5.41) is 3.47. The fourth-order valence-electron chi connectivity index (χ4n) is 3.43. The van der Waals surface area contributed by atoms with Gasteiger partial charge in [0.1, 0.15) is 0 Å². The molecule has 0 saturated heterocycles. The summed E-state index contributed by atoms with van der Waals surface area (Å²) < 4.78 is 0. The van der Waals surface area contributed by atoms with Gasteiger partial charge >= 0.3 is 0 Å². The molecule has 0 bridgehead atoms. The molecule has 0 aliphatic heterocycles. The molecule has 3 atom stereocenters. The summed E-state index contributed by atoms with van der Waals surface area (Å²) in [6, 6.07) is 0. The number of hydrogen-bond donors (Lipinski definition) is 1. The van der Waals surface area contributed by atoms with E-state index in [0.717, 1.165) is 24.3 Å². The summed E-state index contributed by atoms with van der Waals surface area (Å²) >= 11 is 0. The van der Waals surface area contributed by atoms with Crippen molar-refractivity contribution in [2.45, 2.75) is 58.3 Å². The molecule has 3 unspecified atom stereocenters. The van der Waals surface area contributed by atoms with Gasteiger partial charge in [0, 0.05) is 0 Å². The molecule has 2 rings (SSSR count). The van der Waals surface area contributed by atoms with E-state index in [1.807, 2.05) is 0 Å². The molecule has 15 heavy (non-hydrogen) atoms. The quantitative estimate of drug-likeness (QED) is 0.698. The van der Waals surface area contributed by atoms with E-state index in [2.05, 4.69) is 12.2 Å². The van der Waals surface area contributed by atoms with Crippen molar-refractivity contribution in [2.75, 3.05) is 13.1 Å². The highest BCUT2D eigenvalue weighted by molar-refractivity contribution is 4.83. The zero-order valence-corrected chi connectivity index (χ0v) is 10.3. The molecule has 1 N–H and O–H groups in total. The molecule has 0 aromatic carbocycles. The van der Waals surface area contributed by atoms with Gasteiger partial charge in [-0.25, -0.2) is 0 Å². The first-order chi connectivity index (χ1) is 7.40. The van der Waals surface area contributed by atoms with Crippen LogP contribution in [0.25, 0.3) is 0 Å². The molecule has 0 aromatic heterocycles. The molecule has 0 amide bonds. The highest BCUT2D eigenvalue weighted by Gasteiger charge is 2.31. The first kappa shape index (κ1) is 11.4. The first-order valence-electron chi connectivity index (χ1n) is 7.11. The molecule has 88 valence electrons. The lowest BCUT2D eigenvalue weighted by molar-refractivity contribution is 0.119. The minimum atomic E-state index is 1.03. The number of fused-ring (bicyclic) bond motifs is 1. The zero-order valence-electron chi connectivity index (χ0n) is 10.3. The second-order valence-corrected chi connectivity index (χ2v) is 5.61. The summed E-state index contributed by atoms with van der Waals surface area (Å²) in [6.07, 6.45) is 12.1. The maximum absolute atomic E-state index is 3.47. The van der Waals surface area contributed by atoms with Gasteiger partial charge in [-0.3, -0.25) is 0 Å². The minimum Gasteiger partial charge on any atom is -0.317 e. The molecule has 2 aliphatic rings. The average Bonchev–Trinajstić information content (AvgIpc) is 2.20. The van der Waals surface area contributed by atoms with Gasteiger partial charge in [0.05, 0.1) is 0 Å². The third-order valence-corrected chi connectivity index (χ3v) is 4.69. The maximum atomic E-state index is 3.47. The standard InChI is InChI=1S/C14H27N/c1-2-15-11-10-12-4-3-5-13-8-9-14(13)7-6-12/h12-15H,2-11H2,1H3. The van der Waals surface area contributed by atoms with Crippen molar-refractivity contribution in [2.24, 2.45) is 17.8 Å². The van der Waals surface area contributed by atoms with Gasteiger partial charge < -0.3 is 5.32 Å². The molecule has 0 aromatic rings. The van der Waals surface area contributed by atoms with Crippen molar-refractivity contribution in [3.63, 3.8) is 0 Å². The molecule has 1 heteroatoms.